The third-order valence-electron chi connectivity index (χ3n) is 4.53. The van der Waals surface area contributed by atoms with E-state index in [1.165, 1.54) is 32.1 Å². The zero-order chi connectivity index (χ0) is 13.0. The van der Waals surface area contributed by atoms with Gasteiger partial charge in [-0.25, -0.2) is 4.79 Å². The highest BCUT2D eigenvalue weighted by molar-refractivity contribution is 5.76. The Morgan fingerprint density at radius 2 is 2.00 bits per heavy atom. The Balaban J connectivity index is 1.87. The number of hydrogen-bond acceptors (Lipinski definition) is 2. The summed E-state index contributed by atoms with van der Waals surface area (Å²) in [5, 5.41) is 3.14. The third kappa shape index (κ3) is 2.97. The van der Waals surface area contributed by atoms with E-state index in [4.69, 9.17) is 0 Å². The Kier molecular flexibility index (Phi) is 4.87. The van der Waals surface area contributed by atoms with Gasteiger partial charge in [0, 0.05) is 20.1 Å². The van der Waals surface area contributed by atoms with Crippen LogP contribution in [0.5, 0.6) is 0 Å². The number of carbonyl (C=O) groups excluding carboxylic acids is 1. The molecule has 2 rings (SSSR count). The SMILES string of the molecule is CNCCCN1CC(C2CCCCC2)N(C)C1=O. The Morgan fingerprint density at radius 1 is 1.28 bits per heavy atom. The Hall–Kier alpha value is -0.770. The molecule has 0 aromatic rings. The van der Waals surface area contributed by atoms with Crippen LogP contribution < -0.4 is 5.32 Å². The molecule has 18 heavy (non-hydrogen) atoms. The molecule has 0 bridgehead atoms. The van der Waals surface area contributed by atoms with Crippen molar-refractivity contribution in [3.63, 3.8) is 0 Å². The molecule has 1 unspecified atom stereocenters. The molecule has 4 nitrogen and oxygen atoms in total. The van der Waals surface area contributed by atoms with Crippen LogP contribution in [0, 0.1) is 5.92 Å². The summed E-state index contributed by atoms with van der Waals surface area (Å²) in [7, 11) is 3.95. The van der Waals surface area contributed by atoms with Crippen molar-refractivity contribution < 1.29 is 4.79 Å². The van der Waals surface area contributed by atoms with E-state index in [-0.39, 0.29) is 6.03 Å². The normalized spacial score (nSPS) is 26.1. The van der Waals surface area contributed by atoms with Gasteiger partial charge in [-0.3, -0.25) is 0 Å². The Bertz CT molecular complexity index is 276. The summed E-state index contributed by atoms with van der Waals surface area (Å²) in [5.74, 6) is 0.738. The minimum atomic E-state index is 0.238. The molecule has 2 amide bonds. The van der Waals surface area contributed by atoms with Crippen LogP contribution >= 0.6 is 0 Å². The number of urea groups is 1. The van der Waals surface area contributed by atoms with E-state index in [1.54, 1.807) is 0 Å². The lowest BCUT2D eigenvalue weighted by molar-refractivity contribution is 0.180. The van der Waals surface area contributed by atoms with Gasteiger partial charge in [0.15, 0.2) is 0 Å². The highest BCUT2D eigenvalue weighted by atomic mass is 16.2. The van der Waals surface area contributed by atoms with Gasteiger partial charge in [0.25, 0.3) is 0 Å². The maximum Gasteiger partial charge on any atom is 0.320 e. The first-order valence-corrected chi connectivity index (χ1v) is 7.40. The molecule has 2 aliphatic rings. The van der Waals surface area contributed by atoms with Crippen molar-refractivity contribution in [3.05, 3.63) is 0 Å². The van der Waals surface area contributed by atoms with Crippen molar-refractivity contribution in [1.82, 2.24) is 15.1 Å². The fourth-order valence-corrected chi connectivity index (χ4v) is 3.41. The van der Waals surface area contributed by atoms with Gasteiger partial charge in [-0.15, -0.1) is 0 Å². The molecule has 4 heteroatoms. The monoisotopic (exact) mass is 253 g/mol. The van der Waals surface area contributed by atoms with Crippen molar-refractivity contribution in [1.29, 1.82) is 0 Å². The van der Waals surface area contributed by atoms with E-state index in [0.717, 1.165) is 32.0 Å². The lowest BCUT2D eigenvalue weighted by Crippen LogP contribution is -2.37. The molecule has 104 valence electrons. The summed E-state index contributed by atoms with van der Waals surface area (Å²) in [6.07, 6.45) is 7.76. The molecule has 1 N–H and O–H groups in total. The van der Waals surface area contributed by atoms with Crippen LogP contribution in [-0.4, -0.2) is 55.6 Å². The van der Waals surface area contributed by atoms with Gasteiger partial charge in [-0.2, -0.15) is 0 Å². The van der Waals surface area contributed by atoms with Gasteiger partial charge in [0.05, 0.1) is 6.04 Å². The van der Waals surface area contributed by atoms with Crippen LogP contribution in [0.3, 0.4) is 0 Å². The smallest absolute Gasteiger partial charge is 0.320 e. The number of hydrogen-bond donors (Lipinski definition) is 1. The minimum Gasteiger partial charge on any atom is -0.323 e. The second-order valence-electron chi connectivity index (χ2n) is 5.76. The summed E-state index contributed by atoms with van der Waals surface area (Å²) in [5.41, 5.74) is 0. The summed E-state index contributed by atoms with van der Waals surface area (Å²) >= 11 is 0. The molecule has 0 aromatic carbocycles. The van der Waals surface area contributed by atoms with E-state index >= 15 is 0 Å². The molecular weight excluding hydrogens is 226 g/mol. The average Bonchev–Trinajstić information content (AvgIpc) is 2.68. The highest BCUT2D eigenvalue weighted by Gasteiger charge is 2.38. The minimum absolute atomic E-state index is 0.238. The second kappa shape index (κ2) is 6.41. The van der Waals surface area contributed by atoms with E-state index in [2.05, 4.69) is 5.32 Å². The fraction of sp³-hybridized carbons (Fsp3) is 0.929. The Labute approximate surface area is 111 Å². The van der Waals surface area contributed by atoms with Crippen LogP contribution in [-0.2, 0) is 0 Å². The van der Waals surface area contributed by atoms with Crippen molar-refractivity contribution in [2.75, 3.05) is 33.7 Å². The number of nitrogens with zero attached hydrogens (tertiary/aromatic N) is 2. The molecule has 2 fully saturated rings. The summed E-state index contributed by atoms with van der Waals surface area (Å²) in [6.45, 7) is 2.83. The van der Waals surface area contributed by atoms with Crippen molar-refractivity contribution in [2.45, 2.75) is 44.6 Å². The number of carbonyl (C=O) groups is 1. The topological polar surface area (TPSA) is 35.6 Å². The van der Waals surface area contributed by atoms with Crippen LogP contribution in [0.4, 0.5) is 4.79 Å². The first-order chi connectivity index (χ1) is 8.74. The van der Waals surface area contributed by atoms with E-state index < -0.39 is 0 Å². The maximum absolute atomic E-state index is 12.2. The van der Waals surface area contributed by atoms with Gasteiger partial charge in [0.1, 0.15) is 0 Å². The van der Waals surface area contributed by atoms with Crippen LogP contribution in [0.2, 0.25) is 0 Å². The van der Waals surface area contributed by atoms with E-state index in [1.807, 2.05) is 23.9 Å². The quantitative estimate of drug-likeness (QED) is 0.760. The molecule has 1 aliphatic carbocycles. The lowest BCUT2D eigenvalue weighted by Gasteiger charge is -2.30. The average molecular weight is 253 g/mol. The standard InChI is InChI=1S/C14H27N3O/c1-15-9-6-10-17-11-13(16(2)14(17)18)12-7-4-3-5-8-12/h12-13,15H,3-11H2,1-2H3. The van der Waals surface area contributed by atoms with Crippen molar-refractivity contribution in [2.24, 2.45) is 5.92 Å². The Morgan fingerprint density at radius 3 is 2.67 bits per heavy atom. The van der Waals surface area contributed by atoms with Crippen molar-refractivity contribution in [3.8, 4) is 0 Å². The largest absolute Gasteiger partial charge is 0.323 e. The molecule has 1 heterocycles. The van der Waals surface area contributed by atoms with Gasteiger partial charge in [0.2, 0.25) is 0 Å². The van der Waals surface area contributed by atoms with Crippen molar-refractivity contribution >= 4 is 6.03 Å². The molecular formula is C14H27N3O. The summed E-state index contributed by atoms with van der Waals surface area (Å²) in [4.78, 5) is 16.2. The molecule has 1 atom stereocenters. The fourth-order valence-electron chi connectivity index (χ4n) is 3.41. The molecule has 0 radical (unpaired) electrons. The predicted molar refractivity (Wildman–Crippen MR) is 73.6 cm³/mol. The predicted octanol–water partition coefficient (Wildman–Crippen LogP) is 1.91. The molecule has 0 aromatic heterocycles. The zero-order valence-electron chi connectivity index (χ0n) is 11.8. The number of rotatable bonds is 5. The zero-order valence-corrected chi connectivity index (χ0v) is 11.8. The lowest BCUT2D eigenvalue weighted by atomic mass is 9.84. The van der Waals surface area contributed by atoms with Gasteiger partial charge in [-0.05, 0) is 38.8 Å². The number of amides is 2. The van der Waals surface area contributed by atoms with Crippen LogP contribution in [0.15, 0.2) is 0 Å². The van der Waals surface area contributed by atoms with E-state index in [9.17, 15) is 4.79 Å². The summed E-state index contributed by atoms with van der Waals surface area (Å²) < 4.78 is 0. The molecule has 1 aliphatic heterocycles. The summed E-state index contributed by atoms with van der Waals surface area (Å²) in [6, 6.07) is 0.703. The van der Waals surface area contributed by atoms with Crippen LogP contribution in [0.1, 0.15) is 38.5 Å². The molecule has 0 spiro atoms. The highest BCUT2D eigenvalue weighted by Crippen LogP contribution is 2.32. The van der Waals surface area contributed by atoms with Gasteiger partial charge in [-0.1, -0.05) is 19.3 Å². The third-order valence-corrected chi connectivity index (χ3v) is 4.53. The van der Waals surface area contributed by atoms with Gasteiger partial charge < -0.3 is 15.1 Å². The van der Waals surface area contributed by atoms with Gasteiger partial charge >= 0.3 is 6.03 Å². The molecule has 1 saturated carbocycles. The first-order valence-electron chi connectivity index (χ1n) is 7.40. The maximum atomic E-state index is 12.2. The second-order valence-corrected chi connectivity index (χ2v) is 5.76. The first kappa shape index (κ1) is 13.7. The number of nitrogens with one attached hydrogen (secondary N) is 1. The van der Waals surface area contributed by atoms with Crippen LogP contribution in [0.25, 0.3) is 0 Å². The molecule has 1 saturated heterocycles. The number of likely N-dealkylation sites (N-methyl/N-ethyl adjacent to an activating group) is 1. The van der Waals surface area contributed by atoms with E-state index in [0.29, 0.717) is 6.04 Å².